The number of benzene rings is 1. The van der Waals surface area contributed by atoms with E-state index in [1.165, 1.54) is 4.90 Å². The van der Waals surface area contributed by atoms with E-state index in [1.807, 2.05) is 39.0 Å². The molecule has 1 aromatic carbocycles. The molecule has 0 radical (unpaired) electrons. The Kier molecular flexibility index (Phi) is 7.14. The zero-order valence-corrected chi connectivity index (χ0v) is 17.5. The number of nitrogens with zero attached hydrogens (tertiary/aromatic N) is 3. The number of hydrogen-bond donors (Lipinski definition) is 2. The van der Waals surface area contributed by atoms with Crippen LogP contribution < -0.4 is 10.1 Å². The van der Waals surface area contributed by atoms with Crippen LogP contribution in [-0.4, -0.2) is 65.4 Å². The molecule has 0 unspecified atom stereocenters. The number of ether oxygens (including phenoxy) is 1. The standard InChI is InChI=1S/C21H32N4O3/c1-15(2)18-12-17(23-21(4,5)14-22)6-7-19(18)28-11-10-24-8-9-25(20(26)27)16(3)13-24/h6-7,12,15-16,23H,8-11,13H2,1-5H3,(H,26,27)/t16-/m0/s1. The molecule has 0 aromatic heterocycles. The summed E-state index contributed by atoms with van der Waals surface area (Å²) in [6.07, 6.45) is -0.849. The van der Waals surface area contributed by atoms with Crippen molar-refractivity contribution in [3.8, 4) is 11.8 Å². The minimum atomic E-state index is -0.849. The minimum absolute atomic E-state index is 0.00804. The first-order chi connectivity index (χ1) is 13.1. The van der Waals surface area contributed by atoms with Crippen molar-refractivity contribution in [2.75, 3.05) is 38.1 Å². The smallest absolute Gasteiger partial charge is 0.407 e. The quantitative estimate of drug-likeness (QED) is 0.742. The van der Waals surface area contributed by atoms with Crippen LogP contribution in [0.15, 0.2) is 18.2 Å². The second-order valence-corrected chi connectivity index (χ2v) is 8.24. The molecule has 7 heteroatoms. The fourth-order valence-corrected chi connectivity index (χ4v) is 3.40. The van der Waals surface area contributed by atoms with E-state index >= 15 is 0 Å². The van der Waals surface area contributed by atoms with Gasteiger partial charge in [-0.05, 0) is 50.5 Å². The zero-order valence-electron chi connectivity index (χ0n) is 17.5. The largest absolute Gasteiger partial charge is 0.492 e. The molecular formula is C21H32N4O3. The summed E-state index contributed by atoms with van der Waals surface area (Å²) in [4.78, 5) is 14.9. The number of rotatable bonds is 7. The Morgan fingerprint density at radius 2 is 2.14 bits per heavy atom. The third kappa shape index (κ3) is 5.77. The average Bonchev–Trinajstić information content (AvgIpc) is 2.62. The normalized spacial score (nSPS) is 18.0. The van der Waals surface area contributed by atoms with E-state index in [0.717, 1.165) is 36.6 Å². The maximum Gasteiger partial charge on any atom is 0.407 e. The molecule has 0 saturated carbocycles. The van der Waals surface area contributed by atoms with E-state index in [-0.39, 0.29) is 6.04 Å². The van der Waals surface area contributed by atoms with Gasteiger partial charge in [0, 0.05) is 37.9 Å². The lowest BCUT2D eigenvalue weighted by atomic mass is 10.00. The van der Waals surface area contributed by atoms with E-state index < -0.39 is 11.6 Å². The third-order valence-electron chi connectivity index (χ3n) is 4.99. The number of carboxylic acid groups (broad SMARTS) is 1. The highest BCUT2D eigenvalue weighted by Gasteiger charge is 2.26. The van der Waals surface area contributed by atoms with E-state index in [4.69, 9.17) is 4.74 Å². The molecule has 1 saturated heterocycles. The third-order valence-corrected chi connectivity index (χ3v) is 4.99. The van der Waals surface area contributed by atoms with Crippen LogP contribution in [0.2, 0.25) is 0 Å². The predicted octanol–water partition coefficient (Wildman–Crippen LogP) is 3.59. The molecule has 154 valence electrons. The molecule has 0 bridgehead atoms. The van der Waals surface area contributed by atoms with Crippen molar-refractivity contribution in [2.45, 2.75) is 52.1 Å². The van der Waals surface area contributed by atoms with Gasteiger partial charge in [0.05, 0.1) is 6.07 Å². The van der Waals surface area contributed by atoms with Crippen molar-refractivity contribution in [1.29, 1.82) is 5.26 Å². The van der Waals surface area contributed by atoms with Crippen LogP contribution in [0.5, 0.6) is 5.75 Å². The molecule has 1 fully saturated rings. The molecule has 0 spiro atoms. The van der Waals surface area contributed by atoms with Gasteiger partial charge >= 0.3 is 6.09 Å². The number of hydrogen-bond acceptors (Lipinski definition) is 5. The fraction of sp³-hybridized carbons (Fsp3) is 0.619. The Bertz CT molecular complexity index is 727. The molecule has 1 aliphatic heterocycles. The van der Waals surface area contributed by atoms with Crippen molar-refractivity contribution in [2.24, 2.45) is 0 Å². The molecule has 0 aliphatic carbocycles. The number of carbonyl (C=O) groups is 1. The molecular weight excluding hydrogens is 356 g/mol. The second kappa shape index (κ2) is 9.16. The topological polar surface area (TPSA) is 88.8 Å². The van der Waals surface area contributed by atoms with Crippen LogP contribution >= 0.6 is 0 Å². The van der Waals surface area contributed by atoms with Crippen LogP contribution in [0.4, 0.5) is 10.5 Å². The summed E-state index contributed by atoms with van der Waals surface area (Å²) < 4.78 is 6.06. The summed E-state index contributed by atoms with van der Waals surface area (Å²) in [5, 5.41) is 21.6. The van der Waals surface area contributed by atoms with Gasteiger partial charge in [0.1, 0.15) is 17.9 Å². The number of nitrogens with one attached hydrogen (secondary N) is 1. The van der Waals surface area contributed by atoms with Gasteiger partial charge in [-0.1, -0.05) is 13.8 Å². The van der Waals surface area contributed by atoms with Crippen LogP contribution in [-0.2, 0) is 0 Å². The number of amides is 1. The van der Waals surface area contributed by atoms with Gasteiger partial charge < -0.3 is 20.1 Å². The van der Waals surface area contributed by atoms with Gasteiger partial charge in [-0.3, -0.25) is 4.90 Å². The van der Waals surface area contributed by atoms with E-state index in [0.29, 0.717) is 19.1 Å². The lowest BCUT2D eigenvalue weighted by molar-refractivity contribution is 0.0680. The Morgan fingerprint density at radius 3 is 2.71 bits per heavy atom. The lowest BCUT2D eigenvalue weighted by Gasteiger charge is -2.38. The van der Waals surface area contributed by atoms with Gasteiger partial charge in [0.15, 0.2) is 0 Å². The Labute approximate surface area is 167 Å². The summed E-state index contributed by atoms with van der Waals surface area (Å²) in [5.74, 6) is 1.15. The van der Waals surface area contributed by atoms with Crippen LogP contribution in [0.25, 0.3) is 0 Å². The summed E-state index contributed by atoms with van der Waals surface area (Å²) in [6, 6.07) is 8.18. The number of nitriles is 1. The molecule has 1 amide bonds. The Balaban J connectivity index is 1.95. The van der Waals surface area contributed by atoms with Gasteiger partial charge in [0.2, 0.25) is 0 Å². The Hall–Kier alpha value is -2.46. The SMILES string of the molecule is CC(C)c1cc(NC(C)(C)C#N)ccc1OCCN1CCN(C(=O)O)[C@@H](C)C1. The molecule has 1 atom stereocenters. The van der Waals surface area contributed by atoms with Crippen LogP contribution in [0.1, 0.15) is 46.1 Å². The number of piperazine rings is 1. The predicted molar refractivity (Wildman–Crippen MR) is 110 cm³/mol. The molecule has 2 rings (SSSR count). The van der Waals surface area contributed by atoms with Crippen LogP contribution in [0, 0.1) is 11.3 Å². The fourth-order valence-electron chi connectivity index (χ4n) is 3.40. The van der Waals surface area contributed by atoms with Gasteiger partial charge in [-0.25, -0.2) is 4.79 Å². The van der Waals surface area contributed by atoms with Crippen molar-refractivity contribution in [3.05, 3.63) is 23.8 Å². The van der Waals surface area contributed by atoms with Crippen molar-refractivity contribution in [1.82, 2.24) is 9.80 Å². The second-order valence-electron chi connectivity index (χ2n) is 8.24. The van der Waals surface area contributed by atoms with E-state index in [2.05, 4.69) is 30.1 Å². The van der Waals surface area contributed by atoms with Crippen molar-refractivity contribution < 1.29 is 14.6 Å². The highest BCUT2D eigenvalue weighted by atomic mass is 16.5. The molecule has 1 heterocycles. The molecule has 1 aromatic rings. The summed E-state index contributed by atoms with van der Waals surface area (Å²) in [6.45, 7) is 13.2. The van der Waals surface area contributed by atoms with Gasteiger partial charge in [0.25, 0.3) is 0 Å². The molecule has 1 aliphatic rings. The van der Waals surface area contributed by atoms with Gasteiger partial charge in [-0.2, -0.15) is 5.26 Å². The molecule has 28 heavy (non-hydrogen) atoms. The van der Waals surface area contributed by atoms with Crippen molar-refractivity contribution >= 4 is 11.8 Å². The van der Waals surface area contributed by atoms with Crippen LogP contribution in [0.3, 0.4) is 0 Å². The maximum absolute atomic E-state index is 11.2. The van der Waals surface area contributed by atoms with Gasteiger partial charge in [-0.15, -0.1) is 0 Å². The number of anilines is 1. The summed E-state index contributed by atoms with van der Waals surface area (Å²) in [7, 11) is 0. The van der Waals surface area contributed by atoms with E-state index in [9.17, 15) is 15.2 Å². The monoisotopic (exact) mass is 388 g/mol. The average molecular weight is 389 g/mol. The summed E-state index contributed by atoms with van der Waals surface area (Å²) >= 11 is 0. The first-order valence-electron chi connectivity index (χ1n) is 9.81. The first-order valence-corrected chi connectivity index (χ1v) is 9.81. The summed E-state index contributed by atoms with van der Waals surface area (Å²) in [5.41, 5.74) is 1.37. The molecule has 2 N–H and O–H groups in total. The Morgan fingerprint density at radius 1 is 1.43 bits per heavy atom. The highest BCUT2D eigenvalue weighted by Crippen LogP contribution is 2.30. The zero-order chi connectivity index (χ0) is 20.9. The first kappa shape index (κ1) is 21.8. The van der Waals surface area contributed by atoms with Crippen molar-refractivity contribution in [3.63, 3.8) is 0 Å². The van der Waals surface area contributed by atoms with E-state index in [1.54, 1.807) is 0 Å². The lowest BCUT2D eigenvalue weighted by Crippen LogP contribution is -2.54. The highest BCUT2D eigenvalue weighted by molar-refractivity contribution is 5.65. The maximum atomic E-state index is 11.2. The molecule has 7 nitrogen and oxygen atoms in total. The minimum Gasteiger partial charge on any atom is -0.492 e.